The number of halogens is 2. The van der Waals surface area contributed by atoms with Gasteiger partial charge < -0.3 is 4.74 Å². The van der Waals surface area contributed by atoms with Gasteiger partial charge >= 0.3 is 0 Å². The summed E-state index contributed by atoms with van der Waals surface area (Å²) in [5.41, 5.74) is 1.25. The Morgan fingerprint density at radius 3 is 2.72 bits per heavy atom. The van der Waals surface area contributed by atoms with Crippen LogP contribution in [0.3, 0.4) is 0 Å². The highest BCUT2D eigenvalue weighted by Crippen LogP contribution is 2.18. The smallest absolute Gasteiger partial charge is 0.250 e. The maximum atomic E-state index is 13.4. The Morgan fingerprint density at radius 1 is 1.22 bits per heavy atom. The van der Waals surface area contributed by atoms with Crippen molar-refractivity contribution in [2.24, 2.45) is 0 Å². The van der Waals surface area contributed by atoms with Crippen molar-refractivity contribution in [2.75, 3.05) is 6.61 Å². The van der Waals surface area contributed by atoms with Crippen molar-refractivity contribution in [3.05, 3.63) is 58.4 Å². The van der Waals surface area contributed by atoms with E-state index in [0.29, 0.717) is 11.1 Å². The van der Waals surface area contributed by atoms with Crippen LogP contribution in [-0.2, 0) is 6.42 Å². The summed E-state index contributed by atoms with van der Waals surface area (Å²) in [6.45, 7) is 0.459. The van der Waals surface area contributed by atoms with E-state index in [9.17, 15) is 4.39 Å². The van der Waals surface area contributed by atoms with Gasteiger partial charge in [0.1, 0.15) is 0 Å². The van der Waals surface area contributed by atoms with E-state index in [0.717, 1.165) is 12.8 Å². The lowest BCUT2D eigenvalue weighted by molar-refractivity contribution is 0.283. The molecule has 1 heterocycles. The van der Waals surface area contributed by atoms with Crippen LogP contribution in [-0.4, -0.2) is 11.6 Å². The van der Waals surface area contributed by atoms with Crippen LogP contribution in [0.4, 0.5) is 4.39 Å². The first-order valence-electron chi connectivity index (χ1n) is 5.73. The maximum Gasteiger partial charge on any atom is 0.250 e. The zero-order valence-corrected chi connectivity index (χ0v) is 11.4. The second-order valence-corrected chi connectivity index (χ2v) is 4.79. The Kier molecular flexibility index (Phi) is 4.70. The van der Waals surface area contributed by atoms with E-state index in [1.165, 1.54) is 17.8 Å². The molecule has 2 rings (SSSR count). The number of benzene rings is 1. The highest BCUT2D eigenvalue weighted by atomic mass is 79.9. The minimum atomic E-state index is -0.441. The highest BCUT2D eigenvalue weighted by molar-refractivity contribution is 9.10. The van der Waals surface area contributed by atoms with Crippen molar-refractivity contribution in [3.63, 3.8) is 0 Å². The highest BCUT2D eigenvalue weighted by Gasteiger charge is 2.05. The van der Waals surface area contributed by atoms with Crippen molar-refractivity contribution < 1.29 is 9.13 Å². The molecule has 94 valence electrons. The first-order valence-corrected chi connectivity index (χ1v) is 6.53. The SMILES string of the molecule is Fc1cc(Br)cnc1OCCCc1ccccc1. The van der Waals surface area contributed by atoms with Crippen molar-refractivity contribution >= 4 is 15.9 Å². The van der Waals surface area contributed by atoms with Crippen LogP contribution in [0.15, 0.2) is 47.1 Å². The summed E-state index contributed by atoms with van der Waals surface area (Å²) in [6, 6.07) is 11.5. The largest absolute Gasteiger partial charge is 0.476 e. The van der Waals surface area contributed by atoms with Gasteiger partial charge in [-0.15, -0.1) is 0 Å². The van der Waals surface area contributed by atoms with E-state index in [1.807, 2.05) is 18.2 Å². The Hall–Kier alpha value is -1.42. The first-order chi connectivity index (χ1) is 8.75. The molecule has 0 aliphatic heterocycles. The molecule has 0 amide bonds. The van der Waals surface area contributed by atoms with Gasteiger partial charge in [0.25, 0.3) is 0 Å². The fourth-order valence-electron chi connectivity index (χ4n) is 1.60. The van der Waals surface area contributed by atoms with Crippen LogP contribution in [0.2, 0.25) is 0 Å². The van der Waals surface area contributed by atoms with Gasteiger partial charge in [-0.05, 0) is 40.4 Å². The molecular weight excluding hydrogens is 297 g/mol. The summed E-state index contributed by atoms with van der Waals surface area (Å²) in [4.78, 5) is 3.88. The number of aryl methyl sites for hydroxylation is 1. The first kappa shape index (κ1) is 13.0. The van der Waals surface area contributed by atoms with Crippen LogP contribution >= 0.6 is 15.9 Å². The molecule has 0 spiro atoms. The fraction of sp³-hybridized carbons (Fsp3) is 0.214. The molecule has 0 fully saturated rings. The topological polar surface area (TPSA) is 22.1 Å². The maximum absolute atomic E-state index is 13.4. The van der Waals surface area contributed by atoms with Gasteiger partial charge in [-0.3, -0.25) is 0 Å². The van der Waals surface area contributed by atoms with Crippen molar-refractivity contribution in [1.29, 1.82) is 0 Å². The molecule has 4 heteroatoms. The van der Waals surface area contributed by atoms with Crippen molar-refractivity contribution in [3.8, 4) is 5.88 Å². The van der Waals surface area contributed by atoms with Crippen LogP contribution in [0.1, 0.15) is 12.0 Å². The summed E-state index contributed by atoms with van der Waals surface area (Å²) in [5.74, 6) is -0.379. The van der Waals surface area contributed by atoms with Gasteiger partial charge in [-0.1, -0.05) is 30.3 Å². The third-order valence-corrected chi connectivity index (χ3v) is 2.90. The lowest BCUT2D eigenvalue weighted by atomic mass is 10.1. The monoisotopic (exact) mass is 309 g/mol. The van der Waals surface area contributed by atoms with Crippen molar-refractivity contribution in [1.82, 2.24) is 4.98 Å². The second-order valence-electron chi connectivity index (χ2n) is 3.88. The number of nitrogens with zero attached hydrogens (tertiary/aromatic N) is 1. The fourth-order valence-corrected chi connectivity index (χ4v) is 1.90. The van der Waals surface area contributed by atoms with Crippen LogP contribution in [0.5, 0.6) is 5.88 Å². The molecule has 0 saturated carbocycles. The zero-order valence-electron chi connectivity index (χ0n) is 9.77. The molecule has 0 aliphatic carbocycles. The molecular formula is C14H13BrFNO. The number of hydrogen-bond acceptors (Lipinski definition) is 2. The summed E-state index contributed by atoms with van der Waals surface area (Å²) in [6.07, 6.45) is 3.27. The molecule has 2 aromatic rings. The third kappa shape index (κ3) is 3.81. The molecule has 18 heavy (non-hydrogen) atoms. The van der Waals surface area contributed by atoms with Gasteiger partial charge in [-0.2, -0.15) is 0 Å². The van der Waals surface area contributed by atoms with E-state index in [4.69, 9.17) is 4.74 Å². The van der Waals surface area contributed by atoms with Crippen molar-refractivity contribution in [2.45, 2.75) is 12.8 Å². The van der Waals surface area contributed by atoms with E-state index in [1.54, 1.807) is 0 Å². The zero-order chi connectivity index (χ0) is 12.8. The second kappa shape index (κ2) is 6.50. The normalized spacial score (nSPS) is 10.3. The molecule has 0 saturated heterocycles. The van der Waals surface area contributed by atoms with E-state index >= 15 is 0 Å². The molecule has 1 aromatic heterocycles. The minimum Gasteiger partial charge on any atom is -0.476 e. The van der Waals surface area contributed by atoms with Crippen LogP contribution < -0.4 is 4.74 Å². The van der Waals surface area contributed by atoms with Crippen LogP contribution in [0, 0.1) is 5.82 Å². The summed E-state index contributed by atoms with van der Waals surface area (Å²) in [5, 5.41) is 0. The third-order valence-electron chi connectivity index (χ3n) is 2.47. The predicted octanol–water partition coefficient (Wildman–Crippen LogP) is 3.99. The average Bonchev–Trinajstić information content (AvgIpc) is 2.38. The Morgan fingerprint density at radius 2 is 2.00 bits per heavy atom. The van der Waals surface area contributed by atoms with Gasteiger partial charge in [0, 0.05) is 10.7 Å². The average molecular weight is 310 g/mol. The van der Waals surface area contributed by atoms with Gasteiger partial charge in [0.2, 0.25) is 5.88 Å². The van der Waals surface area contributed by atoms with Crippen LogP contribution in [0.25, 0.3) is 0 Å². The Bertz CT molecular complexity index is 504. The standard InChI is InChI=1S/C14H13BrFNO/c15-12-9-13(16)14(17-10-12)18-8-4-7-11-5-2-1-3-6-11/h1-3,5-6,9-10H,4,7-8H2. The predicted molar refractivity (Wildman–Crippen MR) is 72.2 cm³/mol. The van der Waals surface area contributed by atoms with Gasteiger partial charge in [0.05, 0.1) is 6.61 Å². The number of rotatable bonds is 5. The van der Waals surface area contributed by atoms with E-state index in [2.05, 4.69) is 33.0 Å². The molecule has 0 aliphatic rings. The molecule has 1 aromatic carbocycles. The van der Waals surface area contributed by atoms with E-state index in [-0.39, 0.29) is 5.88 Å². The lowest BCUT2D eigenvalue weighted by Crippen LogP contribution is -2.02. The summed E-state index contributed by atoms with van der Waals surface area (Å²) >= 11 is 3.15. The quantitative estimate of drug-likeness (QED) is 0.779. The Labute approximate surface area is 114 Å². The molecule has 0 atom stereocenters. The lowest BCUT2D eigenvalue weighted by Gasteiger charge is -2.06. The molecule has 0 bridgehead atoms. The molecule has 0 radical (unpaired) electrons. The number of aromatic nitrogens is 1. The molecule has 0 unspecified atom stereocenters. The summed E-state index contributed by atoms with van der Waals surface area (Å²) in [7, 11) is 0. The molecule has 2 nitrogen and oxygen atoms in total. The number of pyridine rings is 1. The molecule has 0 N–H and O–H groups in total. The van der Waals surface area contributed by atoms with E-state index < -0.39 is 5.82 Å². The Balaban J connectivity index is 1.79. The number of ether oxygens (including phenoxy) is 1. The summed E-state index contributed by atoms with van der Waals surface area (Å²) < 4.78 is 19.3. The number of hydrogen-bond donors (Lipinski definition) is 0. The van der Waals surface area contributed by atoms with Gasteiger partial charge in [-0.25, -0.2) is 9.37 Å². The minimum absolute atomic E-state index is 0.0614. The van der Waals surface area contributed by atoms with Gasteiger partial charge in [0.15, 0.2) is 5.82 Å².